The molecule has 0 aliphatic rings. The van der Waals surface area contributed by atoms with Gasteiger partial charge in [0.1, 0.15) is 0 Å². The molecular weight excluding hydrogens is 384 g/mol. The number of benzene rings is 2. The van der Waals surface area contributed by atoms with Gasteiger partial charge in [-0.1, -0.05) is 40.2 Å². The minimum absolute atomic E-state index is 0.316. The molecule has 0 aliphatic heterocycles. The Hall–Kier alpha value is -2.91. The number of nitrogens with one attached hydrogen (secondary N) is 1. The van der Waals surface area contributed by atoms with Gasteiger partial charge in [0.05, 0.1) is 12.5 Å². The van der Waals surface area contributed by atoms with E-state index < -0.39 is 11.9 Å². The van der Waals surface area contributed by atoms with Crippen LogP contribution in [-0.4, -0.2) is 18.5 Å². The molecule has 2 rings (SSSR count). The molecule has 0 unspecified atom stereocenters. The number of carbonyl (C=O) groups is 2. The Bertz CT molecular complexity index is 806. The summed E-state index contributed by atoms with van der Waals surface area (Å²) in [4.78, 5) is 23.4. The summed E-state index contributed by atoms with van der Waals surface area (Å²) in [6, 6.07) is 16.4. The summed E-state index contributed by atoms with van der Waals surface area (Å²) >= 11 is 3.33. The summed E-state index contributed by atoms with van der Waals surface area (Å²) in [5.41, 5.74) is 2.29. The Morgan fingerprint density at radius 2 is 1.80 bits per heavy atom. The van der Waals surface area contributed by atoms with E-state index in [2.05, 4.69) is 21.2 Å². The van der Waals surface area contributed by atoms with Crippen molar-refractivity contribution in [3.05, 3.63) is 70.2 Å². The van der Waals surface area contributed by atoms with Crippen molar-refractivity contribution < 1.29 is 14.3 Å². The maximum absolute atomic E-state index is 11.8. The summed E-state index contributed by atoms with van der Waals surface area (Å²) in [6.07, 6.45) is 3.20. The summed E-state index contributed by atoms with van der Waals surface area (Å²) in [7, 11) is 0. The van der Waals surface area contributed by atoms with E-state index in [1.54, 1.807) is 30.3 Å². The molecule has 1 amide bonds. The Balaban J connectivity index is 1.78. The lowest BCUT2D eigenvalue weighted by Crippen LogP contribution is -2.20. The van der Waals surface area contributed by atoms with E-state index in [-0.39, 0.29) is 6.61 Å². The van der Waals surface area contributed by atoms with Gasteiger partial charge >= 0.3 is 5.97 Å². The van der Waals surface area contributed by atoms with Crippen molar-refractivity contribution in [2.75, 3.05) is 11.9 Å². The molecule has 0 fully saturated rings. The number of rotatable bonds is 6. The number of halogens is 1. The van der Waals surface area contributed by atoms with E-state index >= 15 is 0 Å². The minimum atomic E-state index is -0.595. The molecule has 5 nitrogen and oxygen atoms in total. The number of ether oxygens (including phenoxy) is 1. The van der Waals surface area contributed by atoms with Gasteiger partial charge in [0, 0.05) is 16.2 Å². The van der Waals surface area contributed by atoms with Crippen molar-refractivity contribution in [3.63, 3.8) is 0 Å². The highest BCUT2D eigenvalue weighted by molar-refractivity contribution is 9.10. The molecule has 1 N–H and O–H groups in total. The van der Waals surface area contributed by atoms with Crippen LogP contribution in [0.5, 0.6) is 0 Å². The van der Waals surface area contributed by atoms with Crippen LogP contribution in [0.2, 0.25) is 0 Å². The third-order valence-electron chi connectivity index (χ3n) is 3.15. The highest BCUT2D eigenvalue weighted by Crippen LogP contribution is 2.12. The average Bonchev–Trinajstić information content (AvgIpc) is 2.61. The first-order chi connectivity index (χ1) is 12.1. The molecule has 2 aromatic carbocycles. The smallest absolute Gasteiger partial charge is 0.331 e. The number of nitriles is 1. The molecule has 0 saturated carbocycles. The van der Waals surface area contributed by atoms with Crippen molar-refractivity contribution in [3.8, 4) is 6.07 Å². The van der Waals surface area contributed by atoms with Crippen LogP contribution in [0.15, 0.2) is 59.1 Å². The molecule has 0 aliphatic carbocycles. The van der Waals surface area contributed by atoms with Crippen LogP contribution >= 0.6 is 15.9 Å². The van der Waals surface area contributed by atoms with E-state index in [1.165, 1.54) is 6.08 Å². The Morgan fingerprint density at radius 3 is 2.44 bits per heavy atom. The van der Waals surface area contributed by atoms with Crippen molar-refractivity contribution in [1.29, 1.82) is 5.26 Å². The maximum atomic E-state index is 11.8. The molecule has 25 heavy (non-hydrogen) atoms. The lowest BCUT2D eigenvalue weighted by atomic mass is 10.1. The van der Waals surface area contributed by atoms with Crippen molar-refractivity contribution >= 4 is 39.6 Å². The summed E-state index contributed by atoms with van der Waals surface area (Å²) in [6.45, 7) is -0.372. The fourth-order valence-electron chi connectivity index (χ4n) is 1.92. The first kappa shape index (κ1) is 18.4. The number of amides is 1. The fourth-order valence-corrected chi connectivity index (χ4v) is 2.18. The molecule has 0 radical (unpaired) electrons. The van der Waals surface area contributed by atoms with E-state index in [1.807, 2.05) is 30.3 Å². The maximum Gasteiger partial charge on any atom is 0.331 e. The van der Waals surface area contributed by atoms with Crippen molar-refractivity contribution in [2.45, 2.75) is 6.42 Å². The Labute approximate surface area is 154 Å². The third kappa shape index (κ3) is 6.61. The first-order valence-corrected chi connectivity index (χ1v) is 8.22. The molecule has 0 spiro atoms. The monoisotopic (exact) mass is 398 g/mol. The number of nitrogens with zero attached hydrogens (tertiary/aromatic N) is 1. The lowest BCUT2D eigenvalue weighted by molar-refractivity contribution is -0.142. The van der Waals surface area contributed by atoms with E-state index in [4.69, 9.17) is 10.00 Å². The summed E-state index contributed by atoms with van der Waals surface area (Å²) in [5, 5.41) is 11.2. The Kier molecular flexibility index (Phi) is 6.93. The number of hydrogen-bond donors (Lipinski definition) is 1. The molecule has 0 heterocycles. The minimum Gasteiger partial charge on any atom is -0.452 e. The highest BCUT2D eigenvalue weighted by atomic mass is 79.9. The van der Waals surface area contributed by atoms with Crippen molar-refractivity contribution in [1.82, 2.24) is 0 Å². The lowest BCUT2D eigenvalue weighted by Gasteiger charge is -2.06. The number of carbonyl (C=O) groups excluding carboxylic acids is 2. The van der Waals surface area contributed by atoms with Gasteiger partial charge in [-0.15, -0.1) is 0 Å². The predicted octanol–water partition coefficient (Wildman–Crippen LogP) is 3.71. The Morgan fingerprint density at radius 1 is 1.12 bits per heavy atom. The number of anilines is 1. The van der Waals surface area contributed by atoms with Crippen LogP contribution < -0.4 is 5.32 Å². The average molecular weight is 399 g/mol. The van der Waals surface area contributed by atoms with Gasteiger partial charge in [0.2, 0.25) is 0 Å². The first-order valence-electron chi connectivity index (χ1n) is 7.43. The van der Waals surface area contributed by atoms with Gasteiger partial charge < -0.3 is 10.1 Å². The van der Waals surface area contributed by atoms with Gasteiger partial charge in [-0.25, -0.2) is 4.79 Å². The van der Waals surface area contributed by atoms with E-state index in [9.17, 15) is 9.59 Å². The fraction of sp³-hybridized carbons (Fsp3) is 0.105. The second kappa shape index (κ2) is 9.40. The zero-order valence-electron chi connectivity index (χ0n) is 13.2. The van der Waals surface area contributed by atoms with Gasteiger partial charge in [-0.2, -0.15) is 5.26 Å². The zero-order valence-corrected chi connectivity index (χ0v) is 14.8. The molecular formula is C19H15BrN2O3. The second-order valence-corrected chi connectivity index (χ2v) is 5.99. The van der Waals surface area contributed by atoms with Gasteiger partial charge in [0.25, 0.3) is 5.91 Å². The molecule has 0 saturated heterocycles. The predicted molar refractivity (Wildman–Crippen MR) is 98.5 cm³/mol. The van der Waals surface area contributed by atoms with Gasteiger partial charge in [0.15, 0.2) is 6.61 Å². The highest BCUT2D eigenvalue weighted by Gasteiger charge is 2.06. The number of esters is 1. The summed E-state index contributed by atoms with van der Waals surface area (Å²) < 4.78 is 5.84. The van der Waals surface area contributed by atoms with Crippen LogP contribution in [0, 0.1) is 11.3 Å². The van der Waals surface area contributed by atoms with Crippen LogP contribution in [0.3, 0.4) is 0 Å². The van der Waals surface area contributed by atoms with Crippen LogP contribution in [0.4, 0.5) is 5.69 Å². The molecule has 0 aromatic heterocycles. The third-order valence-corrected chi connectivity index (χ3v) is 3.68. The van der Waals surface area contributed by atoms with Crippen molar-refractivity contribution in [2.24, 2.45) is 0 Å². The molecule has 6 heteroatoms. The van der Waals surface area contributed by atoms with E-state index in [0.29, 0.717) is 12.1 Å². The zero-order chi connectivity index (χ0) is 18.1. The second-order valence-electron chi connectivity index (χ2n) is 5.07. The summed E-state index contributed by atoms with van der Waals surface area (Å²) in [5.74, 6) is -1.03. The standard InChI is InChI=1S/C19H15BrN2O3/c20-16-6-1-14(2-7-16)5-10-19(24)25-13-18(23)22-17-8-3-15(4-9-17)11-12-21/h1-10H,11,13H2,(H,22,23)/b10-5+. The molecule has 126 valence electrons. The quantitative estimate of drug-likeness (QED) is 0.593. The topological polar surface area (TPSA) is 79.2 Å². The molecule has 0 atom stereocenters. The molecule has 0 bridgehead atoms. The molecule has 2 aromatic rings. The van der Waals surface area contributed by atoms with Crippen LogP contribution in [0.1, 0.15) is 11.1 Å². The van der Waals surface area contributed by atoms with E-state index in [0.717, 1.165) is 15.6 Å². The SMILES string of the molecule is N#CCc1ccc(NC(=O)COC(=O)/C=C/c2ccc(Br)cc2)cc1. The normalized spacial score (nSPS) is 10.2. The van der Waals surface area contributed by atoms with Crippen LogP contribution in [0.25, 0.3) is 6.08 Å². The largest absolute Gasteiger partial charge is 0.452 e. The van der Waals surface area contributed by atoms with Gasteiger partial charge in [-0.3, -0.25) is 4.79 Å². The van der Waals surface area contributed by atoms with Gasteiger partial charge in [-0.05, 0) is 41.5 Å². The number of hydrogen-bond acceptors (Lipinski definition) is 4. The van der Waals surface area contributed by atoms with Crippen LogP contribution in [-0.2, 0) is 20.7 Å².